The Morgan fingerprint density at radius 2 is 1.81 bits per heavy atom. The molecule has 4 aliphatic carbocycles. The molecular formula is C28H24ClN5O2. The maximum absolute atomic E-state index is 12.2. The van der Waals surface area contributed by atoms with Gasteiger partial charge in [-0.1, -0.05) is 41.8 Å². The van der Waals surface area contributed by atoms with E-state index in [2.05, 4.69) is 27.1 Å². The van der Waals surface area contributed by atoms with Crippen LogP contribution in [0.4, 0.5) is 5.82 Å². The number of benzene rings is 1. The van der Waals surface area contributed by atoms with Crippen LogP contribution in [-0.4, -0.2) is 37.1 Å². The smallest absolute Gasteiger partial charge is 0.308 e. The molecule has 0 saturated heterocycles. The predicted octanol–water partition coefficient (Wildman–Crippen LogP) is 4.61. The van der Waals surface area contributed by atoms with E-state index in [1.54, 1.807) is 6.07 Å². The molecule has 8 heteroatoms. The summed E-state index contributed by atoms with van der Waals surface area (Å²) < 4.78 is 0. The fraction of sp³-hybridized carbons (Fsp3) is 0.321. The number of nitrogens with zero attached hydrogens (tertiary/aromatic N) is 4. The molecule has 4 aliphatic rings. The normalized spacial score (nSPS) is 23.9. The molecule has 0 aliphatic heterocycles. The van der Waals surface area contributed by atoms with E-state index in [-0.39, 0.29) is 12.0 Å². The number of nitrogens with one attached hydrogen (secondary N) is 1. The molecule has 0 spiro atoms. The molecule has 0 amide bonds. The molecule has 1 aromatic carbocycles. The topological polar surface area (TPSA) is 101 Å². The van der Waals surface area contributed by atoms with Gasteiger partial charge in [-0.3, -0.25) is 9.78 Å². The molecule has 2 bridgehead atoms. The summed E-state index contributed by atoms with van der Waals surface area (Å²) in [4.78, 5) is 30.6. The first-order valence-corrected chi connectivity index (χ1v) is 12.6. The van der Waals surface area contributed by atoms with Crippen LogP contribution < -0.4 is 5.32 Å². The first kappa shape index (κ1) is 22.7. The van der Waals surface area contributed by atoms with E-state index in [0.717, 1.165) is 42.5 Å². The monoisotopic (exact) mass is 497 g/mol. The molecule has 36 heavy (non-hydrogen) atoms. The molecule has 7 rings (SSSR count). The molecule has 3 fully saturated rings. The molecule has 180 valence electrons. The molecular weight excluding hydrogens is 474 g/mol. The van der Waals surface area contributed by atoms with Gasteiger partial charge in [-0.25, -0.2) is 15.0 Å². The van der Waals surface area contributed by atoms with Crippen molar-refractivity contribution in [3.63, 3.8) is 0 Å². The Kier molecular flexibility index (Phi) is 5.90. The van der Waals surface area contributed by atoms with Gasteiger partial charge >= 0.3 is 5.97 Å². The van der Waals surface area contributed by atoms with Crippen LogP contribution in [0.15, 0.2) is 48.7 Å². The Morgan fingerprint density at radius 1 is 1.03 bits per heavy atom. The van der Waals surface area contributed by atoms with Crippen molar-refractivity contribution in [3.8, 4) is 11.8 Å². The summed E-state index contributed by atoms with van der Waals surface area (Å²) in [5.74, 6) is 6.71. The molecule has 2 atom stereocenters. The Bertz CT molecular complexity index is 1420. The number of carboxylic acid groups (broad SMARTS) is 1. The molecule has 2 heterocycles. The van der Waals surface area contributed by atoms with Gasteiger partial charge in [-0.2, -0.15) is 0 Å². The van der Waals surface area contributed by atoms with Crippen LogP contribution >= 0.6 is 11.6 Å². The number of aromatic nitrogens is 4. The fourth-order valence-electron chi connectivity index (χ4n) is 5.80. The maximum atomic E-state index is 12.2. The lowest BCUT2D eigenvalue weighted by molar-refractivity contribution is -0.148. The highest BCUT2D eigenvalue weighted by Gasteiger charge is 2.47. The van der Waals surface area contributed by atoms with E-state index in [1.165, 1.54) is 6.20 Å². The highest BCUT2D eigenvalue weighted by Crippen LogP contribution is 2.46. The second-order valence-corrected chi connectivity index (χ2v) is 9.98. The zero-order chi connectivity index (χ0) is 24.6. The quantitative estimate of drug-likeness (QED) is 0.507. The van der Waals surface area contributed by atoms with Crippen LogP contribution in [0.2, 0.25) is 5.15 Å². The number of hydrogen-bond acceptors (Lipinski definition) is 6. The first-order chi connectivity index (χ1) is 17.5. The molecule has 2 aromatic heterocycles. The summed E-state index contributed by atoms with van der Waals surface area (Å²) in [5, 5.41) is 13.8. The Hall–Kier alpha value is -3.76. The number of rotatable bonds is 4. The van der Waals surface area contributed by atoms with Crippen molar-refractivity contribution in [2.45, 2.75) is 38.1 Å². The Balaban J connectivity index is 1.40. The van der Waals surface area contributed by atoms with Crippen LogP contribution in [0.5, 0.6) is 0 Å². The third-order valence-electron chi connectivity index (χ3n) is 7.47. The standard InChI is InChI=1S/C28H24ClN5O2/c29-22-15-30-21-13-12-20(26(21)32-22)27-31-19(11-6-16-4-2-1-3-5-16)14-23(34-27)33-25-18-9-7-17(8-10-18)24(25)28(35)36/h1-5,12,14-15,17-18,24-25H,7-10,13H2,(H,35,36)(H,31,33,34)/t17?,18?,24-,25-/m0/s1. The minimum atomic E-state index is -0.738. The van der Waals surface area contributed by atoms with Crippen molar-refractivity contribution in [3.05, 3.63) is 82.3 Å². The summed E-state index contributed by atoms with van der Waals surface area (Å²) >= 11 is 6.13. The second-order valence-electron chi connectivity index (χ2n) is 9.60. The van der Waals surface area contributed by atoms with Crippen molar-refractivity contribution in [1.29, 1.82) is 0 Å². The molecule has 2 N–H and O–H groups in total. The van der Waals surface area contributed by atoms with Gasteiger partial charge in [0.05, 0.1) is 23.5 Å². The summed E-state index contributed by atoms with van der Waals surface area (Å²) in [6.07, 6.45) is 8.19. The molecule has 7 nitrogen and oxygen atoms in total. The zero-order valence-electron chi connectivity index (χ0n) is 19.5. The highest BCUT2D eigenvalue weighted by molar-refractivity contribution is 6.29. The summed E-state index contributed by atoms with van der Waals surface area (Å²) in [5.41, 5.74) is 3.67. The summed E-state index contributed by atoms with van der Waals surface area (Å²) in [7, 11) is 0. The van der Waals surface area contributed by atoms with E-state index in [1.807, 2.05) is 36.4 Å². The molecule has 3 saturated carbocycles. The van der Waals surface area contributed by atoms with Crippen LogP contribution in [0, 0.1) is 29.6 Å². The SMILES string of the molecule is O=C(O)[C@H]1C2CCC(CC2)[C@@H]1Nc1cc(C#Cc2ccccc2)nc(C2=CCc3ncc(Cl)nc32)n1. The van der Waals surface area contributed by atoms with Gasteiger partial charge in [0.1, 0.15) is 16.7 Å². The number of halogens is 1. The second kappa shape index (κ2) is 9.36. The van der Waals surface area contributed by atoms with Gasteiger partial charge in [-0.15, -0.1) is 0 Å². The van der Waals surface area contributed by atoms with Crippen LogP contribution in [-0.2, 0) is 11.2 Å². The lowest BCUT2D eigenvalue weighted by Gasteiger charge is -2.47. The Labute approximate surface area is 214 Å². The average molecular weight is 498 g/mol. The highest BCUT2D eigenvalue weighted by atomic mass is 35.5. The molecule has 0 radical (unpaired) electrons. The van der Waals surface area contributed by atoms with Crippen molar-refractivity contribution < 1.29 is 9.90 Å². The van der Waals surface area contributed by atoms with E-state index in [4.69, 9.17) is 21.6 Å². The van der Waals surface area contributed by atoms with E-state index in [9.17, 15) is 9.90 Å². The fourth-order valence-corrected chi connectivity index (χ4v) is 5.93. The number of hydrogen-bond donors (Lipinski definition) is 2. The largest absolute Gasteiger partial charge is 0.481 e. The van der Waals surface area contributed by atoms with Crippen molar-refractivity contribution in [2.24, 2.45) is 17.8 Å². The zero-order valence-corrected chi connectivity index (χ0v) is 20.2. The van der Waals surface area contributed by atoms with Crippen molar-refractivity contribution in [2.75, 3.05) is 5.32 Å². The van der Waals surface area contributed by atoms with Crippen LogP contribution in [0.1, 0.15) is 54.2 Å². The number of allylic oxidation sites excluding steroid dienone is 1. The minimum absolute atomic E-state index is 0.174. The summed E-state index contributed by atoms with van der Waals surface area (Å²) in [6.45, 7) is 0. The van der Waals surface area contributed by atoms with Crippen molar-refractivity contribution in [1.82, 2.24) is 19.9 Å². The van der Waals surface area contributed by atoms with Gasteiger partial charge in [0.25, 0.3) is 0 Å². The number of fused-ring (bicyclic) bond motifs is 4. The van der Waals surface area contributed by atoms with Crippen molar-refractivity contribution >= 4 is 29.0 Å². The molecule has 3 aromatic rings. The van der Waals surface area contributed by atoms with Gasteiger partial charge in [-0.05, 0) is 55.6 Å². The lowest BCUT2D eigenvalue weighted by Crippen LogP contribution is -2.51. The van der Waals surface area contributed by atoms with E-state index < -0.39 is 11.9 Å². The number of anilines is 1. The van der Waals surface area contributed by atoms with Crippen LogP contribution in [0.3, 0.4) is 0 Å². The van der Waals surface area contributed by atoms with Gasteiger partial charge in [0.15, 0.2) is 5.82 Å². The lowest BCUT2D eigenvalue weighted by atomic mass is 9.61. The molecule has 0 unspecified atom stereocenters. The number of carbonyl (C=O) groups is 1. The van der Waals surface area contributed by atoms with E-state index in [0.29, 0.717) is 40.5 Å². The predicted molar refractivity (Wildman–Crippen MR) is 136 cm³/mol. The van der Waals surface area contributed by atoms with Crippen LogP contribution in [0.25, 0.3) is 5.57 Å². The van der Waals surface area contributed by atoms with Gasteiger partial charge < -0.3 is 10.4 Å². The average Bonchev–Trinajstić information content (AvgIpc) is 3.31. The minimum Gasteiger partial charge on any atom is -0.481 e. The third kappa shape index (κ3) is 4.33. The maximum Gasteiger partial charge on any atom is 0.308 e. The third-order valence-corrected chi connectivity index (χ3v) is 7.65. The van der Waals surface area contributed by atoms with E-state index >= 15 is 0 Å². The number of carboxylic acids is 1. The Morgan fingerprint density at radius 3 is 2.58 bits per heavy atom. The summed E-state index contributed by atoms with van der Waals surface area (Å²) in [6, 6.07) is 11.3. The number of aliphatic carboxylic acids is 1. The van der Waals surface area contributed by atoms with Gasteiger partial charge in [0, 0.05) is 29.7 Å². The van der Waals surface area contributed by atoms with Gasteiger partial charge in [0.2, 0.25) is 0 Å². The first-order valence-electron chi connectivity index (χ1n) is 12.2.